The van der Waals surface area contributed by atoms with Gasteiger partial charge in [-0.2, -0.15) is 0 Å². The van der Waals surface area contributed by atoms with E-state index in [-0.39, 0.29) is 6.29 Å². The van der Waals surface area contributed by atoms with Gasteiger partial charge >= 0.3 is 0 Å². The Hall–Kier alpha value is -0.380. The molecule has 12 heavy (non-hydrogen) atoms. The smallest absolute Gasteiger partial charge is 0.109 e. The number of rotatable bonds is 0. The molecular formula is C9H17N3. The zero-order chi connectivity index (χ0) is 8.55. The SMILES string of the molecule is C=C1CCC2NC(N)NCC2C1. The van der Waals surface area contributed by atoms with Crippen molar-refractivity contribution in [3.8, 4) is 0 Å². The molecule has 0 aromatic rings. The molecule has 3 unspecified atom stereocenters. The summed E-state index contributed by atoms with van der Waals surface area (Å²) in [5, 5.41) is 6.59. The van der Waals surface area contributed by atoms with E-state index in [4.69, 9.17) is 5.73 Å². The van der Waals surface area contributed by atoms with Crippen LogP contribution in [-0.4, -0.2) is 18.9 Å². The Morgan fingerprint density at radius 1 is 1.50 bits per heavy atom. The number of hydrogen-bond donors (Lipinski definition) is 3. The first-order chi connectivity index (χ1) is 5.75. The van der Waals surface area contributed by atoms with Crippen LogP contribution in [0.3, 0.4) is 0 Å². The van der Waals surface area contributed by atoms with Crippen LogP contribution in [0.5, 0.6) is 0 Å². The van der Waals surface area contributed by atoms with Crippen molar-refractivity contribution in [2.75, 3.05) is 6.54 Å². The Morgan fingerprint density at radius 2 is 2.33 bits per heavy atom. The summed E-state index contributed by atoms with van der Waals surface area (Å²) in [5.41, 5.74) is 7.13. The molecule has 1 heterocycles. The van der Waals surface area contributed by atoms with Crippen molar-refractivity contribution in [1.82, 2.24) is 10.6 Å². The minimum Gasteiger partial charge on any atom is -0.304 e. The van der Waals surface area contributed by atoms with Crippen LogP contribution in [0.15, 0.2) is 12.2 Å². The molecule has 2 aliphatic rings. The second-order valence-electron chi connectivity index (χ2n) is 3.91. The van der Waals surface area contributed by atoms with Crippen molar-refractivity contribution in [2.24, 2.45) is 11.7 Å². The number of hydrogen-bond acceptors (Lipinski definition) is 3. The van der Waals surface area contributed by atoms with Gasteiger partial charge in [-0.05, 0) is 25.2 Å². The Bertz CT molecular complexity index is 190. The molecule has 0 spiro atoms. The second kappa shape index (κ2) is 3.17. The summed E-state index contributed by atoms with van der Waals surface area (Å²) in [6.45, 7) is 5.08. The van der Waals surface area contributed by atoms with E-state index in [1.807, 2.05) is 0 Å². The van der Waals surface area contributed by atoms with Gasteiger partial charge in [-0.1, -0.05) is 12.2 Å². The molecule has 0 radical (unpaired) electrons. The quantitative estimate of drug-likeness (QED) is 0.450. The molecule has 3 atom stereocenters. The Kier molecular flexibility index (Phi) is 2.17. The molecule has 68 valence electrons. The van der Waals surface area contributed by atoms with Gasteiger partial charge in [-0.3, -0.25) is 10.6 Å². The van der Waals surface area contributed by atoms with Gasteiger partial charge < -0.3 is 5.73 Å². The molecule has 4 N–H and O–H groups in total. The average Bonchev–Trinajstić information content (AvgIpc) is 2.05. The van der Waals surface area contributed by atoms with Crippen LogP contribution in [0.1, 0.15) is 19.3 Å². The van der Waals surface area contributed by atoms with Gasteiger partial charge in [0.05, 0.1) is 0 Å². The molecule has 1 saturated carbocycles. The summed E-state index contributed by atoms with van der Waals surface area (Å²) in [4.78, 5) is 0. The lowest BCUT2D eigenvalue weighted by atomic mass is 9.81. The van der Waals surface area contributed by atoms with Gasteiger partial charge in [0.2, 0.25) is 0 Å². The van der Waals surface area contributed by atoms with Gasteiger partial charge in [0.25, 0.3) is 0 Å². The van der Waals surface area contributed by atoms with E-state index in [0.717, 1.165) is 13.0 Å². The number of nitrogens with two attached hydrogens (primary N) is 1. The molecule has 0 amide bonds. The van der Waals surface area contributed by atoms with E-state index in [1.54, 1.807) is 0 Å². The van der Waals surface area contributed by atoms with E-state index >= 15 is 0 Å². The predicted octanol–water partition coefficient (Wildman–Crippen LogP) is 0.146. The molecule has 2 fully saturated rings. The molecular weight excluding hydrogens is 150 g/mol. The normalized spacial score (nSPS) is 42.4. The molecule has 3 nitrogen and oxygen atoms in total. The van der Waals surface area contributed by atoms with Crippen molar-refractivity contribution >= 4 is 0 Å². The fourth-order valence-electron chi connectivity index (χ4n) is 2.21. The molecule has 1 aliphatic carbocycles. The molecule has 3 heteroatoms. The van der Waals surface area contributed by atoms with E-state index in [1.165, 1.54) is 18.4 Å². The zero-order valence-electron chi connectivity index (χ0n) is 7.34. The van der Waals surface area contributed by atoms with Crippen molar-refractivity contribution in [3.05, 3.63) is 12.2 Å². The van der Waals surface area contributed by atoms with E-state index in [2.05, 4.69) is 17.2 Å². The first kappa shape index (κ1) is 8.23. The number of nitrogens with one attached hydrogen (secondary N) is 2. The second-order valence-corrected chi connectivity index (χ2v) is 3.91. The highest BCUT2D eigenvalue weighted by Crippen LogP contribution is 2.28. The molecule has 0 aromatic heterocycles. The summed E-state index contributed by atoms with van der Waals surface area (Å²) in [5.74, 6) is 0.714. The van der Waals surface area contributed by atoms with Gasteiger partial charge in [0, 0.05) is 12.6 Å². The molecule has 0 bridgehead atoms. The van der Waals surface area contributed by atoms with Gasteiger partial charge in [-0.15, -0.1) is 0 Å². The molecule has 1 aliphatic heterocycles. The highest BCUT2D eigenvalue weighted by molar-refractivity contribution is 5.05. The first-order valence-corrected chi connectivity index (χ1v) is 4.67. The maximum Gasteiger partial charge on any atom is 0.109 e. The Balaban J connectivity index is 1.98. The maximum absolute atomic E-state index is 5.73. The minimum absolute atomic E-state index is 0.00221. The van der Waals surface area contributed by atoms with Crippen LogP contribution >= 0.6 is 0 Å². The maximum atomic E-state index is 5.73. The summed E-state index contributed by atoms with van der Waals surface area (Å²) in [6.07, 6.45) is 3.54. The predicted molar refractivity (Wildman–Crippen MR) is 49.4 cm³/mol. The fraction of sp³-hybridized carbons (Fsp3) is 0.778. The van der Waals surface area contributed by atoms with E-state index in [0.29, 0.717) is 12.0 Å². The van der Waals surface area contributed by atoms with Crippen LogP contribution in [0.25, 0.3) is 0 Å². The fourth-order valence-corrected chi connectivity index (χ4v) is 2.21. The number of allylic oxidation sites excluding steroid dienone is 1. The van der Waals surface area contributed by atoms with Crippen molar-refractivity contribution < 1.29 is 0 Å². The summed E-state index contributed by atoms with van der Waals surface area (Å²) in [6, 6.07) is 0.617. The van der Waals surface area contributed by atoms with E-state index in [9.17, 15) is 0 Å². The first-order valence-electron chi connectivity index (χ1n) is 4.67. The van der Waals surface area contributed by atoms with Crippen LogP contribution in [0, 0.1) is 5.92 Å². The topological polar surface area (TPSA) is 50.1 Å². The Labute approximate surface area is 73.4 Å². The third-order valence-electron chi connectivity index (χ3n) is 2.92. The van der Waals surface area contributed by atoms with Crippen molar-refractivity contribution in [2.45, 2.75) is 31.6 Å². The lowest BCUT2D eigenvalue weighted by Gasteiger charge is -2.40. The van der Waals surface area contributed by atoms with Gasteiger partial charge in [-0.25, -0.2) is 0 Å². The van der Waals surface area contributed by atoms with Gasteiger partial charge in [0.15, 0.2) is 0 Å². The van der Waals surface area contributed by atoms with E-state index < -0.39 is 0 Å². The molecule has 1 saturated heterocycles. The summed E-state index contributed by atoms with van der Waals surface area (Å²) < 4.78 is 0. The highest BCUT2D eigenvalue weighted by Gasteiger charge is 2.30. The van der Waals surface area contributed by atoms with Crippen LogP contribution in [-0.2, 0) is 0 Å². The molecule has 0 aromatic carbocycles. The Morgan fingerprint density at radius 3 is 3.17 bits per heavy atom. The minimum atomic E-state index is -0.00221. The average molecular weight is 167 g/mol. The lowest BCUT2D eigenvalue weighted by Crippen LogP contribution is -2.63. The summed E-state index contributed by atoms with van der Waals surface area (Å²) >= 11 is 0. The highest BCUT2D eigenvalue weighted by atomic mass is 15.3. The van der Waals surface area contributed by atoms with Crippen LogP contribution in [0.4, 0.5) is 0 Å². The largest absolute Gasteiger partial charge is 0.304 e. The zero-order valence-corrected chi connectivity index (χ0v) is 7.34. The number of fused-ring (bicyclic) bond motifs is 1. The van der Waals surface area contributed by atoms with Gasteiger partial charge in [0.1, 0.15) is 6.29 Å². The van der Waals surface area contributed by atoms with Crippen LogP contribution < -0.4 is 16.4 Å². The third kappa shape index (κ3) is 1.53. The summed E-state index contributed by atoms with van der Waals surface area (Å²) in [7, 11) is 0. The standard InChI is InChI=1S/C9H17N3/c1-6-2-3-8-7(4-6)5-11-9(10)12-8/h7-9,11-12H,1-5,10H2. The van der Waals surface area contributed by atoms with Crippen molar-refractivity contribution in [3.63, 3.8) is 0 Å². The third-order valence-corrected chi connectivity index (χ3v) is 2.92. The van der Waals surface area contributed by atoms with Crippen molar-refractivity contribution in [1.29, 1.82) is 0 Å². The monoisotopic (exact) mass is 167 g/mol. The lowest BCUT2D eigenvalue weighted by molar-refractivity contribution is 0.196. The van der Waals surface area contributed by atoms with Crippen LogP contribution in [0.2, 0.25) is 0 Å². The molecule has 2 rings (SSSR count).